The third-order valence-corrected chi connectivity index (χ3v) is 4.14. The monoisotopic (exact) mass is 279 g/mol. The van der Waals surface area contributed by atoms with Crippen LogP contribution in [0.2, 0.25) is 0 Å². The van der Waals surface area contributed by atoms with Gasteiger partial charge in [0.1, 0.15) is 5.75 Å². The third-order valence-electron chi connectivity index (χ3n) is 4.14. The van der Waals surface area contributed by atoms with Crippen molar-refractivity contribution in [1.29, 1.82) is 0 Å². The van der Waals surface area contributed by atoms with Crippen LogP contribution in [0, 0.1) is 0 Å². The van der Waals surface area contributed by atoms with E-state index < -0.39 is 0 Å². The maximum atomic E-state index is 8.85. The van der Waals surface area contributed by atoms with Gasteiger partial charge in [0, 0.05) is 16.9 Å². The first-order valence-corrected chi connectivity index (χ1v) is 7.09. The molecule has 0 aromatic heterocycles. The van der Waals surface area contributed by atoms with E-state index in [0.29, 0.717) is 0 Å². The second-order valence-electron chi connectivity index (χ2n) is 5.26. The predicted octanol–water partition coefficient (Wildman–Crippen LogP) is 4.45. The Labute approximate surface area is 124 Å². The molecule has 0 saturated carbocycles. The van der Waals surface area contributed by atoms with Crippen molar-refractivity contribution in [3.05, 3.63) is 75.7 Å². The van der Waals surface area contributed by atoms with E-state index in [1.165, 1.54) is 16.7 Å². The maximum Gasteiger partial charge on any atom is 0.119 e. The van der Waals surface area contributed by atoms with Gasteiger partial charge in [0.2, 0.25) is 0 Å². The molecule has 0 heterocycles. The van der Waals surface area contributed by atoms with Gasteiger partial charge in [0.05, 0.1) is 7.11 Å². The lowest BCUT2D eigenvalue weighted by Crippen LogP contribution is -2.24. The van der Waals surface area contributed by atoms with Gasteiger partial charge in [-0.25, -0.2) is 0 Å². The van der Waals surface area contributed by atoms with Gasteiger partial charge in [-0.3, -0.25) is 0 Å². The lowest BCUT2D eigenvalue weighted by atomic mass is 9.76. The summed E-state index contributed by atoms with van der Waals surface area (Å²) in [6, 6.07) is 16.4. The minimum atomic E-state index is -0.0294. The molecule has 4 heteroatoms. The van der Waals surface area contributed by atoms with Crippen molar-refractivity contribution in [3.63, 3.8) is 0 Å². The fraction of sp³-hybridized carbons (Fsp3) is 0.294. The van der Waals surface area contributed by atoms with Crippen molar-refractivity contribution in [3.8, 4) is 5.75 Å². The van der Waals surface area contributed by atoms with Crippen LogP contribution in [0.3, 0.4) is 0 Å². The van der Waals surface area contributed by atoms with Crippen LogP contribution >= 0.6 is 0 Å². The zero-order chi connectivity index (χ0) is 14.7. The Morgan fingerprint density at radius 1 is 1.19 bits per heavy atom. The van der Waals surface area contributed by atoms with Gasteiger partial charge in [-0.15, -0.1) is 0 Å². The standard InChI is InChI=1S/C17H17N3O/c1-21-14-8-9-15-13(11-14)7-10-16(19-20-18)17(15)12-5-3-2-4-6-12/h2-6,8-9,11,16-17H,7,10H2,1H3. The lowest BCUT2D eigenvalue weighted by molar-refractivity contribution is 0.412. The summed E-state index contributed by atoms with van der Waals surface area (Å²) in [5, 5.41) is 4.03. The summed E-state index contributed by atoms with van der Waals surface area (Å²) >= 11 is 0. The van der Waals surface area contributed by atoms with Gasteiger partial charge in [-0.05, 0) is 47.2 Å². The number of rotatable bonds is 3. The molecule has 2 unspecified atom stereocenters. The second kappa shape index (κ2) is 5.90. The van der Waals surface area contributed by atoms with E-state index in [9.17, 15) is 0 Å². The molecule has 2 aromatic rings. The number of azide groups is 1. The molecule has 0 N–H and O–H groups in total. The van der Waals surface area contributed by atoms with Crippen LogP contribution in [0.15, 0.2) is 53.6 Å². The average Bonchev–Trinajstić information content (AvgIpc) is 2.55. The number of fused-ring (bicyclic) bond motifs is 1. The van der Waals surface area contributed by atoms with E-state index in [-0.39, 0.29) is 12.0 Å². The highest BCUT2D eigenvalue weighted by molar-refractivity contribution is 5.45. The Balaban J connectivity index is 2.10. The number of ether oxygens (including phenoxy) is 1. The van der Waals surface area contributed by atoms with Gasteiger partial charge in [-0.1, -0.05) is 41.5 Å². The van der Waals surface area contributed by atoms with Gasteiger partial charge < -0.3 is 4.74 Å². The van der Waals surface area contributed by atoms with Crippen molar-refractivity contribution in [2.75, 3.05) is 7.11 Å². The highest BCUT2D eigenvalue weighted by Crippen LogP contribution is 2.39. The number of hydrogen-bond donors (Lipinski definition) is 0. The van der Waals surface area contributed by atoms with Crippen molar-refractivity contribution in [2.45, 2.75) is 24.8 Å². The first kappa shape index (κ1) is 13.5. The van der Waals surface area contributed by atoms with Gasteiger partial charge in [0.15, 0.2) is 0 Å². The van der Waals surface area contributed by atoms with E-state index in [2.05, 4.69) is 34.3 Å². The molecular formula is C17H17N3O. The summed E-state index contributed by atoms with van der Waals surface area (Å²) < 4.78 is 5.31. The fourth-order valence-electron chi connectivity index (χ4n) is 3.16. The summed E-state index contributed by atoms with van der Waals surface area (Å²) in [6.07, 6.45) is 1.78. The average molecular weight is 279 g/mol. The summed E-state index contributed by atoms with van der Waals surface area (Å²) in [7, 11) is 1.68. The van der Waals surface area contributed by atoms with E-state index >= 15 is 0 Å². The second-order valence-corrected chi connectivity index (χ2v) is 5.26. The van der Waals surface area contributed by atoms with Crippen LogP contribution in [-0.2, 0) is 6.42 Å². The van der Waals surface area contributed by atoms with Crippen LogP contribution in [0.25, 0.3) is 10.4 Å². The maximum absolute atomic E-state index is 8.85. The minimum absolute atomic E-state index is 0.0294. The quantitative estimate of drug-likeness (QED) is 0.465. The van der Waals surface area contributed by atoms with E-state index in [4.69, 9.17) is 10.3 Å². The molecule has 0 spiro atoms. The predicted molar refractivity (Wildman–Crippen MR) is 82.5 cm³/mol. The smallest absolute Gasteiger partial charge is 0.119 e. The SMILES string of the molecule is COc1ccc2c(c1)CCC(N=[N+]=[N-])C2c1ccccc1. The van der Waals surface area contributed by atoms with Crippen LogP contribution in [0.5, 0.6) is 5.75 Å². The molecular weight excluding hydrogens is 262 g/mol. The van der Waals surface area contributed by atoms with Crippen LogP contribution < -0.4 is 4.74 Å². The van der Waals surface area contributed by atoms with Gasteiger partial charge in [0.25, 0.3) is 0 Å². The molecule has 3 rings (SSSR count). The molecule has 0 radical (unpaired) electrons. The molecule has 0 fully saturated rings. The first-order chi connectivity index (χ1) is 10.3. The van der Waals surface area contributed by atoms with Crippen LogP contribution in [0.4, 0.5) is 0 Å². The Kier molecular flexibility index (Phi) is 3.80. The zero-order valence-electron chi connectivity index (χ0n) is 11.9. The molecule has 0 saturated heterocycles. The van der Waals surface area contributed by atoms with Crippen LogP contribution in [-0.4, -0.2) is 13.2 Å². The van der Waals surface area contributed by atoms with Crippen molar-refractivity contribution < 1.29 is 4.74 Å². The van der Waals surface area contributed by atoms with Crippen molar-refractivity contribution in [2.24, 2.45) is 5.11 Å². The molecule has 0 bridgehead atoms. The molecule has 2 aromatic carbocycles. The van der Waals surface area contributed by atoms with Crippen molar-refractivity contribution >= 4 is 0 Å². The van der Waals surface area contributed by atoms with Crippen molar-refractivity contribution in [1.82, 2.24) is 0 Å². The van der Waals surface area contributed by atoms with E-state index in [1.54, 1.807) is 7.11 Å². The molecule has 106 valence electrons. The highest BCUT2D eigenvalue weighted by atomic mass is 16.5. The number of aryl methyl sites for hydroxylation is 1. The molecule has 1 aliphatic rings. The highest BCUT2D eigenvalue weighted by Gasteiger charge is 2.30. The number of nitrogens with zero attached hydrogens (tertiary/aromatic N) is 3. The number of methoxy groups -OCH3 is 1. The molecule has 1 aliphatic carbocycles. The van der Waals surface area contributed by atoms with Gasteiger partial charge >= 0.3 is 0 Å². The molecule has 21 heavy (non-hydrogen) atoms. The Morgan fingerprint density at radius 2 is 2.00 bits per heavy atom. The Morgan fingerprint density at radius 3 is 2.71 bits per heavy atom. The van der Waals surface area contributed by atoms with Crippen LogP contribution in [0.1, 0.15) is 29.0 Å². The third kappa shape index (κ3) is 2.58. The topological polar surface area (TPSA) is 58.0 Å². The normalized spacial score (nSPS) is 20.2. The minimum Gasteiger partial charge on any atom is -0.497 e. The summed E-state index contributed by atoms with van der Waals surface area (Å²) in [5.74, 6) is 1.000. The zero-order valence-corrected chi connectivity index (χ0v) is 11.9. The summed E-state index contributed by atoms with van der Waals surface area (Å²) in [6.45, 7) is 0. The Hall–Kier alpha value is -2.45. The molecule has 0 amide bonds. The lowest BCUT2D eigenvalue weighted by Gasteiger charge is -2.31. The molecule has 4 nitrogen and oxygen atoms in total. The Bertz CT molecular complexity index is 678. The largest absolute Gasteiger partial charge is 0.497 e. The number of benzene rings is 2. The first-order valence-electron chi connectivity index (χ1n) is 7.09. The summed E-state index contributed by atoms with van der Waals surface area (Å²) in [5.41, 5.74) is 12.6. The van der Waals surface area contributed by atoms with E-state index in [0.717, 1.165) is 18.6 Å². The molecule has 2 atom stereocenters. The van der Waals surface area contributed by atoms with Gasteiger partial charge in [-0.2, -0.15) is 0 Å². The van der Waals surface area contributed by atoms with E-state index in [1.807, 2.05) is 24.3 Å². The number of hydrogen-bond acceptors (Lipinski definition) is 2. The summed E-state index contributed by atoms with van der Waals surface area (Å²) in [4.78, 5) is 3.04. The fourth-order valence-corrected chi connectivity index (χ4v) is 3.16. The molecule has 0 aliphatic heterocycles.